The van der Waals surface area contributed by atoms with Gasteiger partial charge in [0.05, 0.1) is 12.3 Å². The average molecular weight is 364 g/mol. The SMILES string of the molecule is CCNC(=O)[C@@H](CNC(=O)OC(C)(C)C)CC(=O)OCc1ccccc1. The molecule has 2 amide bonds. The molecule has 0 saturated carbocycles. The van der Waals surface area contributed by atoms with Crippen molar-refractivity contribution in [2.75, 3.05) is 13.1 Å². The number of hydrogen-bond donors (Lipinski definition) is 2. The van der Waals surface area contributed by atoms with Crippen LogP contribution in [0, 0.1) is 5.92 Å². The van der Waals surface area contributed by atoms with E-state index >= 15 is 0 Å². The predicted molar refractivity (Wildman–Crippen MR) is 97.3 cm³/mol. The Balaban J connectivity index is 2.55. The third-order valence-corrected chi connectivity index (χ3v) is 3.27. The standard InChI is InChI=1S/C19H28N2O5/c1-5-20-17(23)15(12-21-18(24)26-19(2,3)4)11-16(22)25-13-14-9-7-6-8-10-14/h6-10,15H,5,11-13H2,1-4H3,(H,20,23)(H,21,24)/t15-/m1/s1. The largest absolute Gasteiger partial charge is 0.461 e. The second-order valence-corrected chi connectivity index (χ2v) is 6.82. The van der Waals surface area contributed by atoms with Gasteiger partial charge in [0.25, 0.3) is 0 Å². The topological polar surface area (TPSA) is 93.7 Å². The molecule has 1 aromatic rings. The van der Waals surface area contributed by atoms with Gasteiger partial charge in [0.15, 0.2) is 0 Å². The van der Waals surface area contributed by atoms with Crippen LogP contribution in [-0.4, -0.2) is 36.7 Å². The van der Waals surface area contributed by atoms with E-state index in [2.05, 4.69) is 10.6 Å². The minimum Gasteiger partial charge on any atom is -0.461 e. The molecule has 0 aromatic heterocycles. The van der Waals surface area contributed by atoms with E-state index in [0.717, 1.165) is 5.56 Å². The van der Waals surface area contributed by atoms with E-state index in [1.54, 1.807) is 27.7 Å². The molecule has 0 saturated heterocycles. The monoisotopic (exact) mass is 364 g/mol. The van der Waals surface area contributed by atoms with E-state index in [4.69, 9.17) is 9.47 Å². The lowest BCUT2D eigenvalue weighted by molar-refractivity contribution is -0.148. The second kappa shape index (κ2) is 10.4. The molecule has 1 atom stereocenters. The number of alkyl carbamates (subject to hydrolysis) is 1. The normalized spacial score (nSPS) is 12.0. The molecule has 7 nitrogen and oxygen atoms in total. The van der Waals surface area contributed by atoms with Crippen LogP contribution in [0.1, 0.15) is 39.7 Å². The third-order valence-electron chi connectivity index (χ3n) is 3.27. The highest BCUT2D eigenvalue weighted by Gasteiger charge is 2.24. The van der Waals surface area contributed by atoms with Crippen molar-refractivity contribution in [3.63, 3.8) is 0 Å². The first-order chi connectivity index (χ1) is 12.2. The molecule has 0 fully saturated rings. The van der Waals surface area contributed by atoms with Gasteiger partial charge in [0.2, 0.25) is 5.91 Å². The Kier molecular flexibility index (Phi) is 8.61. The van der Waals surface area contributed by atoms with Crippen LogP contribution in [0.2, 0.25) is 0 Å². The Morgan fingerprint density at radius 1 is 1.08 bits per heavy atom. The Morgan fingerprint density at radius 3 is 2.31 bits per heavy atom. The van der Waals surface area contributed by atoms with E-state index in [1.165, 1.54) is 0 Å². The zero-order valence-electron chi connectivity index (χ0n) is 15.8. The maximum absolute atomic E-state index is 12.1. The average Bonchev–Trinajstić information content (AvgIpc) is 2.56. The summed E-state index contributed by atoms with van der Waals surface area (Å²) in [5.41, 5.74) is 0.224. The quantitative estimate of drug-likeness (QED) is 0.691. The molecule has 0 aliphatic heterocycles. The van der Waals surface area contributed by atoms with Gasteiger partial charge in [0.1, 0.15) is 12.2 Å². The van der Waals surface area contributed by atoms with Crippen molar-refractivity contribution in [3.8, 4) is 0 Å². The lowest BCUT2D eigenvalue weighted by Crippen LogP contribution is -2.41. The van der Waals surface area contributed by atoms with Gasteiger partial charge in [-0.05, 0) is 33.3 Å². The first-order valence-corrected chi connectivity index (χ1v) is 8.65. The van der Waals surface area contributed by atoms with Crippen LogP contribution in [0.5, 0.6) is 0 Å². The third kappa shape index (κ3) is 9.05. The van der Waals surface area contributed by atoms with Gasteiger partial charge in [-0.1, -0.05) is 30.3 Å². The van der Waals surface area contributed by atoms with Gasteiger partial charge < -0.3 is 20.1 Å². The van der Waals surface area contributed by atoms with Crippen LogP contribution in [0.25, 0.3) is 0 Å². The van der Waals surface area contributed by atoms with E-state index < -0.39 is 23.6 Å². The summed E-state index contributed by atoms with van der Waals surface area (Å²) >= 11 is 0. The number of esters is 1. The number of benzene rings is 1. The predicted octanol–water partition coefficient (Wildman–Crippen LogP) is 2.40. The minimum atomic E-state index is -0.731. The maximum atomic E-state index is 12.1. The number of hydrogen-bond acceptors (Lipinski definition) is 5. The molecule has 1 rings (SSSR count). The Hall–Kier alpha value is -2.57. The molecule has 1 aromatic carbocycles. The van der Waals surface area contributed by atoms with Crippen molar-refractivity contribution >= 4 is 18.0 Å². The molecule has 2 N–H and O–H groups in total. The van der Waals surface area contributed by atoms with Gasteiger partial charge in [0, 0.05) is 13.1 Å². The summed E-state index contributed by atoms with van der Waals surface area (Å²) in [5.74, 6) is -1.55. The first kappa shape index (κ1) is 21.5. The summed E-state index contributed by atoms with van der Waals surface area (Å²) in [6.07, 6.45) is -0.765. The van der Waals surface area contributed by atoms with Crippen LogP contribution >= 0.6 is 0 Å². The molecular formula is C19H28N2O5. The highest BCUT2D eigenvalue weighted by molar-refractivity contribution is 5.84. The summed E-state index contributed by atoms with van der Waals surface area (Å²) in [6, 6.07) is 9.27. The van der Waals surface area contributed by atoms with Crippen molar-refractivity contribution in [1.82, 2.24) is 10.6 Å². The van der Waals surface area contributed by atoms with Crippen molar-refractivity contribution in [2.24, 2.45) is 5.92 Å². The molecule has 26 heavy (non-hydrogen) atoms. The van der Waals surface area contributed by atoms with E-state index in [9.17, 15) is 14.4 Å². The van der Waals surface area contributed by atoms with Crippen molar-refractivity contribution < 1.29 is 23.9 Å². The fourth-order valence-corrected chi connectivity index (χ4v) is 2.10. The van der Waals surface area contributed by atoms with E-state index in [-0.39, 0.29) is 25.5 Å². The van der Waals surface area contributed by atoms with Gasteiger partial charge in [-0.2, -0.15) is 0 Å². The number of amides is 2. The van der Waals surface area contributed by atoms with Crippen molar-refractivity contribution in [2.45, 2.75) is 46.3 Å². The summed E-state index contributed by atoms with van der Waals surface area (Å²) < 4.78 is 10.4. The number of nitrogens with one attached hydrogen (secondary N) is 2. The van der Waals surface area contributed by atoms with Crippen LogP contribution < -0.4 is 10.6 Å². The van der Waals surface area contributed by atoms with Gasteiger partial charge in [-0.25, -0.2) is 4.79 Å². The molecule has 0 unspecified atom stereocenters. The molecule has 0 spiro atoms. The fraction of sp³-hybridized carbons (Fsp3) is 0.526. The molecule has 0 radical (unpaired) electrons. The van der Waals surface area contributed by atoms with Crippen LogP contribution in [0.15, 0.2) is 30.3 Å². The van der Waals surface area contributed by atoms with Gasteiger partial charge in [-0.3, -0.25) is 9.59 Å². The molecular weight excluding hydrogens is 336 g/mol. The number of rotatable bonds is 8. The Morgan fingerprint density at radius 2 is 1.73 bits per heavy atom. The van der Waals surface area contributed by atoms with Crippen molar-refractivity contribution in [1.29, 1.82) is 0 Å². The molecule has 0 heterocycles. The van der Waals surface area contributed by atoms with E-state index in [0.29, 0.717) is 6.54 Å². The number of carbonyl (C=O) groups is 3. The van der Waals surface area contributed by atoms with E-state index in [1.807, 2.05) is 30.3 Å². The molecule has 7 heteroatoms. The zero-order chi connectivity index (χ0) is 19.6. The highest BCUT2D eigenvalue weighted by Crippen LogP contribution is 2.09. The van der Waals surface area contributed by atoms with Crippen LogP contribution in [0.3, 0.4) is 0 Å². The molecule has 0 aliphatic carbocycles. The molecule has 0 aliphatic rings. The molecule has 0 bridgehead atoms. The Bertz CT molecular complexity index is 596. The summed E-state index contributed by atoms with van der Waals surface area (Å²) in [6.45, 7) is 7.58. The summed E-state index contributed by atoms with van der Waals surface area (Å²) in [7, 11) is 0. The Labute approximate surface area is 154 Å². The lowest BCUT2D eigenvalue weighted by atomic mass is 10.0. The van der Waals surface area contributed by atoms with Crippen molar-refractivity contribution in [3.05, 3.63) is 35.9 Å². The fourth-order valence-electron chi connectivity index (χ4n) is 2.10. The number of ether oxygens (including phenoxy) is 2. The lowest BCUT2D eigenvalue weighted by Gasteiger charge is -2.21. The number of carbonyl (C=O) groups excluding carboxylic acids is 3. The molecule has 144 valence electrons. The maximum Gasteiger partial charge on any atom is 0.407 e. The van der Waals surface area contributed by atoms with Gasteiger partial charge >= 0.3 is 12.1 Å². The van der Waals surface area contributed by atoms with Crippen LogP contribution in [-0.2, 0) is 25.7 Å². The van der Waals surface area contributed by atoms with Gasteiger partial charge in [-0.15, -0.1) is 0 Å². The van der Waals surface area contributed by atoms with Crippen LogP contribution in [0.4, 0.5) is 4.79 Å². The summed E-state index contributed by atoms with van der Waals surface area (Å²) in [5, 5.41) is 5.19. The first-order valence-electron chi connectivity index (χ1n) is 8.65. The highest BCUT2D eigenvalue weighted by atomic mass is 16.6. The zero-order valence-corrected chi connectivity index (χ0v) is 15.8. The smallest absolute Gasteiger partial charge is 0.407 e. The summed E-state index contributed by atoms with van der Waals surface area (Å²) in [4.78, 5) is 36.0. The second-order valence-electron chi connectivity index (χ2n) is 6.82. The minimum absolute atomic E-state index is 0.0127.